The Morgan fingerprint density at radius 1 is 1.03 bits per heavy atom. The molecule has 1 N–H and O–H groups in total. The van der Waals surface area contributed by atoms with Gasteiger partial charge in [0, 0.05) is 25.7 Å². The van der Waals surface area contributed by atoms with Crippen molar-refractivity contribution in [2.75, 3.05) is 13.1 Å². The fourth-order valence-electron chi connectivity index (χ4n) is 4.33. The summed E-state index contributed by atoms with van der Waals surface area (Å²) in [5.41, 5.74) is 1.90. The van der Waals surface area contributed by atoms with E-state index in [-0.39, 0.29) is 18.4 Å². The molecule has 4 nitrogen and oxygen atoms in total. The van der Waals surface area contributed by atoms with E-state index in [9.17, 15) is 12.8 Å². The Morgan fingerprint density at radius 2 is 1.73 bits per heavy atom. The van der Waals surface area contributed by atoms with Crippen LogP contribution in [-0.4, -0.2) is 31.7 Å². The Hall–Kier alpha value is -2.28. The highest BCUT2D eigenvalue weighted by Gasteiger charge is 2.31. The smallest absolute Gasteiger partial charge is 0.214 e. The van der Waals surface area contributed by atoms with Gasteiger partial charge in [-0.15, -0.1) is 0 Å². The minimum atomic E-state index is -3.44. The quantitative estimate of drug-likeness (QED) is 0.626. The maximum atomic E-state index is 13.3. The molecule has 1 unspecified atom stereocenters. The van der Waals surface area contributed by atoms with Crippen molar-refractivity contribution < 1.29 is 12.8 Å². The fourth-order valence-corrected chi connectivity index (χ4v) is 5.77. The molecule has 0 spiro atoms. The Kier molecular flexibility index (Phi) is 6.18. The van der Waals surface area contributed by atoms with E-state index in [1.165, 1.54) is 28.5 Å². The second-order valence-electron chi connectivity index (χ2n) is 7.98. The molecule has 3 aromatic rings. The zero-order valence-electron chi connectivity index (χ0n) is 17.1. The molecule has 1 aliphatic heterocycles. The van der Waals surface area contributed by atoms with Crippen LogP contribution < -0.4 is 4.72 Å². The number of rotatable bonds is 6. The molecule has 30 heavy (non-hydrogen) atoms. The first-order valence-corrected chi connectivity index (χ1v) is 11.9. The van der Waals surface area contributed by atoms with E-state index in [1.54, 1.807) is 12.1 Å². The van der Waals surface area contributed by atoms with Crippen LogP contribution in [0.5, 0.6) is 0 Å². The number of nitrogens with zero attached hydrogens (tertiary/aromatic N) is 1. The average Bonchev–Trinajstić information content (AvgIpc) is 2.77. The second kappa shape index (κ2) is 8.84. The number of likely N-dealkylation sites (tertiary alicyclic amines) is 1. The van der Waals surface area contributed by atoms with Crippen LogP contribution >= 0.6 is 0 Å². The Labute approximate surface area is 177 Å². The molecule has 0 bridgehead atoms. The van der Waals surface area contributed by atoms with Crippen molar-refractivity contribution in [2.24, 2.45) is 0 Å². The molecular formula is C24H27FN2O2S. The topological polar surface area (TPSA) is 49.4 Å². The van der Waals surface area contributed by atoms with E-state index in [4.69, 9.17) is 0 Å². The SMILES string of the molecule is CC(c1cccc2ccccc12)N1CCC(S(=O)(=O)NCc2cccc(F)c2)CC1. The van der Waals surface area contributed by atoms with Crippen LogP contribution in [0.25, 0.3) is 10.8 Å². The molecule has 158 valence electrons. The second-order valence-corrected chi connectivity index (χ2v) is 10.0. The fraction of sp³-hybridized carbons (Fsp3) is 0.333. The summed E-state index contributed by atoms with van der Waals surface area (Å²) >= 11 is 0. The van der Waals surface area contributed by atoms with Crippen LogP contribution in [0.4, 0.5) is 4.39 Å². The number of sulfonamides is 1. The molecule has 1 aliphatic rings. The summed E-state index contributed by atoms with van der Waals surface area (Å²) in [6.07, 6.45) is 1.18. The van der Waals surface area contributed by atoms with Crippen LogP contribution in [0.2, 0.25) is 0 Å². The summed E-state index contributed by atoms with van der Waals surface area (Å²) in [6, 6.07) is 21.0. The van der Waals surface area contributed by atoms with Gasteiger partial charge in [0.05, 0.1) is 5.25 Å². The highest BCUT2D eigenvalue weighted by atomic mass is 32.2. The number of benzene rings is 3. The van der Waals surface area contributed by atoms with E-state index < -0.39 is 15.3 Å². The zero-order chi connectivity index (χ0) is 21.1. The van der Waals surface area contributed by atoms with E-state index in [0.29, 0.717) is 18.4 Å². The van der Waals surface area contributed by atoms with Gasteiger partial charge in [-0.2, -0.15) is 0 Å². The lowest BCUT2D eigenvalue weighted by Crippen LogP contribution is -2.44. The molecule has 1 fully saturated rings. The van der Waals surface area contributed by atoms with Crippen LogP contribution in [0, 0.1) is 5.82 Å². The van der Waals surface area contributed by atoms with E-state index in [1.807, 2.05) is 6.07 Å². The number of nitrogens with one attached hydrogen (secondary N) is 1. The molecule has 1 heterocycles. The van der Waals surface area contributed by atoms with Gasteiger partial charge in [0.15, 0.2) is 0 Å². The summed E-state index contributed by atoms with van der Waals surface area (Å²) in [4.78, 5) is 2.36. The van der Waals surface area contributed by atoms with Gasteiger partial charge in [-0.1, -0.05) is 54.6 Å². The standard InChI is InChI=1S/C24H27FN2O2S/c1-18(23-11-5-8-20-7-2-3-10-24(20)23)27-14-12-22(13-15-27)30(28,29)26-17-19-6-4-9-21(25)16-19/h2-11,16,18,22,26H,12-15,17H2,1H3. The van der Waals surface area contributed by atoms with E-state index in [2.05, 4.69) is 52.9 Å². The first-order chi connectivity index (χ1) is 14.4. The third-order valence-corrected chi connectivity index (χ3v) is 8.00. The third-order valence-electron chi connectivity index (χ3n) is 6.10. The lowest BCUT2D eigenvalue weighted by Gasteiger charge is -2.36. The lowest BCUT2D eigenvalue weighted by molar-refractivity contribution is 0.176. The molecule has 0 aliphatic carbocycles. The largest absolute Gasteiger partial charge is 0.297 e. The van der Waals surface area contributed by atoms with Gasteiger partial charge in [0.1, 0.15) is 5.82 Å². The first-order valence-electron chi connectivity index (χ1n) is 10.4. The van der Waals surface area contributed by atoms with Crippen molar-refractivity contribution in [2.45, 2.75) is 37.6 Å². The van der Waals surface area contributed by atoms with Crippen molar-refractivity contribution in [1.29, 1.82) is 0 Å². The maximum Gasteiger partial charge on any atom is 0.214 e. The van der Waals surface area contributed by atoms with Crippen molar-refractivity contribution >= 4 is 20.8 Å². The molecule has 3 aromatic carbocycles. The van der Waals surface area contributed by atoms with Gasteiger partial charge < -0.3 is 0 Å². The highest BCUT2D eigenvalue weighted by molar-refractivity contribution is 7.90. The third kappa shape index (κ3) is 4.56. The van der Waals surface area contributed by atoms with Crippen LogP contribution in [-0.2, 0) is 16.6 Å². The molecule has 0 amide bonds. The van der Waals surface area contributed by atoms with Gasteiger partial charge >= 0.3 is 0 Å². The number of hydrogen-bond acceptors (Lipinski definition) is 3. The summed E-state index contributed by atoms with van der Waals surface area (Å²) in [5, 5.41) is 2.06. The van der Waals surface area contributed by atoms with Crippen molar-refractivity contribution in [3.63, 3.8) is 0 Å². The summed E-state index contributed by atoms with van der Waals surface area (Å²) in [7, 11) is -3.44. The number of fused-ring (bicyclic) bond motifs is 1. The predicted molar refractivity (Wildman–Crippen MR) is 119 cm³/mol. The minimum Gasteiger partial charge on any atom is -0.297 e. The molecule has 4 rings (SSSR count). The molecule has 0 radical (unpaired) electrons. The normalized spacial score (nSPS) is 17.3. The van der Waals surface area contributed by atoms with Crippen LogP contribution in [0.1, 0.15) is 36.9 Å². The summed E-state index contributed by atoms with van der Waals surface area (Å²) in [6.45, 7) is 3.78. The van der Waals surface area contributed by atoms with Crippen LogP contribution in [0.3, 0.4) is 0 Å². The zero-order valence-corrected chi connectivity index (χ0v) is 17.9. The molecule has 6 heteroatoms. The molecule has 1 saturated heterocycles. The minimum absolute atomic E-state index is 0.118. The Morgan fingerprint density at radius 3 is 2.50 bits per heavy atom. The first kappa shape index (κ1) is 21.0. The van der Waals surface area contributed by atoms with Gasteiger partial charge in [-0.05, 0) is 53.8 Å². The Bertz CT molecular complexity index is 1120. The number of hydrogen-bond donors (Lipinski definition) is 1. The number of piperidine rings is 1. The average molecular weight is 427 g/mol. The summed E-state index contributed by atoms with van der Waals surface area (Å²) in [5.74, 6) is -0.359. The van der Waals surface area contributed by atoms with Crippen molar-refractivity contribution in [1.82, 2.24) is 9.62 Å². The molecule has 1 atom stereocenters. The maximum absolute atomic E-state index is 13.3. The monoisotopic (exact) mass is 426 g/mol. The van der Waals surface area contributed by atoms with Gasteiger partial charge in [0.25, 0.3) is 0 Å². The van der Waals surface area contributed by atoms with Gasteiger partial charge in [-0.25, -0.2) is 17.5 Å². The number of halogens is 1. The van der Waals surface area contributed by atoms with Crippen molar-refractivity contribution in [3.05, 3.63) is 83.7 Å². The van der Waals surface area contributed by atoms with E-state index in [0.717, 1.165) is 13.1 Å². The highest BCUT2D eigenvalue weighted by Crippen LogP contribution is 2.31. The van der Waals surface area contributed by atoms with E-state index >= 15 is 0 Å². The van der Waals surface area contributed by atoms with Gasteiger partial charge in [-0.3, -0.25) is 4.90 Å². The van der Waals surface area contributed by atoms with Crippen LogP contribution in [0.15, 0.2) is 66.7 Å². The summed E-state index contributed by atoms with van der Waals surface area (Å²) < 4.78 is 41.5. The van der Waals surface area contributed by atoms with Gasteiger partial charge in [0.2, 0.25) is 10.0 Å². The molecular weight excluding hydrogens is 399 g/mol. The van der Waals surface area contributed by atoms with Crippen molar-refractivity contribution in [3.8, 4) is 0 Å². The molecule has 0 saturated carbocycles. The predicted octanol–water partition coefficient (Wildman–Crippen LogP) is 4.62. The molecule has 0 aromatic heterocycles. The Balaban J connectivity index is 1.39. The lowest BCUT2D eigenvalue weighted by atomic mass is 9.97.